The fourth-order valence-electron chi connectivity index (χ4n) is 1.91. The molecule has 1 aromatic rings. The summed E-state index contributed by atoms with van der Waals surface area (Å²) in [6, 6.07) is 6.33. The second kappa shape index (κ2) is 4.35. The van der Waals surface area contributed by atoms with E-state index in [0.29, 0.717) is 0 Å². The topological polar surface area (TPSA) is 29.3 Å². The summed E-state index contributed by atoms with van der Waals surface area (Å²) in [5.41, 5.74) is 9.20. The summed E-state index contributed by atoms with van der Waals surface area (Å²) in [6.45, 7) is 6.66. The van der Waals surface area contributed by atoms with Crippen LogP contribution in [0.25, 0.3) is 0 Å². The van der Waals surface area contributed by atoms with Crippen LogP contribution in [0.3, 0.4) is 0 Å². The van der Waals surface area contributed by atoms with Crippen molar-refractivity contribution in [1.29, 1.82) is 0 Å². The van der Waals surface area contributed by atoms with Gasteiger partial charge in [0.25, 0.3) is 0 Å². The summed E-state index contributed by atoms with van der Waals surface area (Å²) in [6.07, 6.45) is 0. The minimum absolute atomic E-state index is 0.733. The van der Waals surface area contributed by atoms with Crippen LogP contribution in [-0.4, -0.2) is 24.1 Å². The molecule has 0 amide bonds. The van der Waals surface area contributed by atoms with Crippen molar-refractivity contribution in [3.63, 3.8) is 0 Å². The zero-order valence-electron chi connectivity index (χ0n) is 9.36. The second-order valence-corrected chi connectivity index (χ2v) is 5.71. The molecule has 1 fully saturated rings. The van der Waals surface area contributed by atoms with Crippen molar-refractivity contribution in [2.75, 3.05) is 29.5 Å². The lowest BCUT2D eigenvalue weighted by atomic mass is 10.1. The fourth-order valence-corrected chi connectivity index (χ4v) is 2.92. The molecule has 0 saturated carbocycles. The molecule has 2 nitrogen and oxygen atoms in total. The molecule has 0 bridgehead atoms. The molecule has 82 valence electrons. The number of rotatable bonds is 1. The first-order valence-corrected chi connectivity index (χ1v) is 6.44. The third-order valence-electron chi connectivity index (χ3n) is 2.86. The zero-order valence-corrected chi connectivity index (χ0v) is 10.2. The lowest BCUT2D eigenvalue weighted by Gasteiger charge is -2.32. The summed E-state index contributed by atoms with van der Waals surface area (Å²) >= 11 is 2.06. The maximum Gasteiger partial charge on any atom is 0.0371 e. The van der Waals surface area contributed by atoms with Crippen molar-refractivity contribution in [3.05, 3.63) is 23.8 Å². The minimum atomic E-state index is 0.733. The predicted octanol–water partition coefficient (Wildman–Crippen LogP) is 2.52. The SMILES string of the molecule is Cc1cc(N2CCSC(C)C2)ccc1N. The third-order valence-corrected chi connectivity index (χ3v) is 4.00. The number of benzene rings is 1. The van der Waals surface area contributed by atoms with Gasteiger partial charge < -0.3 is 10.6 Å². The molecule has 1 heterocycles. The van der Waals surface area contributed by atoms with Crippen molar-refractivity contribution >= 4 is 23.1 Å². The van der Waals surface area contributed by atoms with Gasteiger partial charge in [0.1, 0.15) is 0 Å². The largest absolute Gasteiger partial charge is 0.399 e. The molecule has 2 N–H and O–H groups in total. The average molecular weight is 222 g/mol. The van der Waals surface area contributed by atoms with Gasteiger partial charge >= 0.3 is 0 Å². The molecule has 1 saturated heterocycles. The highest BCUT2D eigenvalue weighted by Gasteiger charge is 2.16. The van der Waals surface area contributed by atoms with Crippen LogP contribution in [-0.2, 0) is 0 Å². The van der Waals surface area contributed by atoms with E-state index in [1.807, 2.05) is 6.07 Å². The highest BCUT2D eigenvalue weighted by Crippen LogP contribution is 2.26. The first-order valence-electron chi connectivity index (χ1n) is 5.39. The van der Waals surface area contributed by atoms with Gasteiger partial charge in [-0.3, -0.25) is 0 Å². The Morgan fingerprint density at radius 2 is 2.27 bits per heavy atom. The number of hydrogen-bond acceptors (Lipinski definition) is 3. The van der Waals surface area contributed by atoms with Gasteiger partial charge in [-0.05, 0) is 30.7 Å². The molecule has 1 unspecified atom stereocenters. The summed E-state index contributed by atoms with van der Waals surface area (Å²) < 4.78 is 0. The van der Waals surface area contributed by atoms with Gasteiger partial charge in [-0.15, -0.1) is 0 Å². The number of aryl methyl sites for hydroxylation is 1. The van der Waals surface area contributed by atoms with Crippen LogP contribution in [0.4, 0.5) is 11.4 Å². The Morgan fingerprint density at radius 1 is 1.47 bits per heavy atom. The number of nitrogen functional groups attached to an aromatic ring is 1. The van der Waals surface area contributed by atoms with E-state index < -0.39 is 0 Å². The number of hydrogen-bond donors (Lipinski definition) is 1. The van der Waals surface area contributed by atoms with E-state index in [-0.39, 0.29) is 0 Å². The van der Waals surface area contributed by atoms with E-state index in [9.17, 15) is 0 Å². The van der Waals surface area contributed by atoms with Crippen molar-refractivity contribution in [2.24, 2.45) is 0 Å². The highest BCUT2D eigenvalue weighted by molar-refractivity contribution is 8.00. The monoisotopic (exact) mass is 222 g/mol. The van der Waals surface area contributed by atoms with Crippen LogP contribution in [0, 0.1) is 6.92 Å². The molecular formula is C12H18N2S. The van der Waals surface area contributed by atoms with E-state index in [1.54, 1.807) is 0 Å². The van der Waals surface area contributed by atoms with Crippen LogP contribution < -0.4 is 10.6 Å². The van der Waals surface area contributed by atoms with Crippen LogP contribution in [0.2, 0.25) is 0 Å². The summed E-state index contributed by atoms with van der Waals surface area (Å²) in [4.78, 5) is 2.45. The zero-order chi connectivity index (χ0) is 10.8. The van der Waals surface area contributed by atoms with Crippen LogP contribution in [0.15, 0.2) is 18.2 Å². The lowest BCUT2D eigenvalue weighted by molar-refractivity contribution is 0.782. The molecule has 0 aromatic heterocycles. The van der Waals surface area contributed by atoms with E-state index >= 15 is 0 Å². The molecule has 15 heavy (non-hydrogen) atoms. The third kappa shape index (κ3) is 2.40. The Labute approximate surface area is 95.8 Å². The molecule has 0 spiro atoms. The van der Waals surface area contributed by atoms with Crippen molar-refractivity contribution in [1.82, 2.24) is 0 Å². The smallest absolute Gasteiger partial charge is 0.0371 e. The van der Waals surface area contributed by atoms with Crippen molar-refractivity contribution in [3.8, 4) is 0 Å². The maximum absolute atomic E-state index is 5.82. The van der Waals surface area contributed by atoms with E-state index in [1.165, 1.54) is 17.0 Å². The number of nitrogens with zero attached hydrogens (tertiary/aromatic N) is 1. The molecular weight excluding hydrogens is 204 g/mol. The van der Waals surface area contributed by atoms with Crippen LogP contribution >= 0.6 is 11.8 Å². The van der Waals surface area contributed by atoms with Crippen molar-refractivity contribution in [2.45, 2.75) is 19.1 Å². The fraction of sp³-hybridized carbons (Fsp3) is 0.500. The highest BCUT2D eigenvalue weighted by atomic mass is 32.2. The van der Waals surface area contributed by atoms with Gasteiger partial charge in [0.05, 0.1) is 0 Å². The molecule has 1 aliphatic heterocycles. The molecule has 3 heteroatoms. The molecule has 2 rings (SSSR count). The van der Waals surface area contributed by atoms with Gasteiger partial charge in [0.2, 0.25) is 0 Å². The van der Waals surface area contributed by atoms with Crippen molar-refractivity contribution < 1.29 is 0 Å². The molecule has 0 aliphatic carbocycles. The molecule has 1 aliphatic rings. The number of nitrogens with two attached hydrogens (primary N) is 1. The first-order chi connectivity index (χ1) is 7.16. The van der Waals surface area contributed by atoms with Gasteiger partial charge in [0.15, 0.2) is 0 Å². The van der Waals surface area contributed by atoms with Gasteiger partial charge in [0, 0.05) is 35.5 Å². The molecule has 0 radical (unpaired) electrons. The van der Waals surface area contributed by atoms with Gasteiger partial charge in [-0.25, -0.2) is 0 Å². The molecule has 1 aromatic carbocycles. The van der Waals surface area contributed by atoms with E-state index in [4.69, 9.17) is 5.73 Å². The number of anilines is 2. The summed E-state index contributed by atoms with van der Waals surface area (Å²) in [5, 5.41) is 0.733. The van der Waals surface area contributed by atoms with Gasteiger partial charge in [-0.2, -0.15) is 11.8 Å². The van der Waals surface area contributed by atoms with Gasteiger partial charge in [-0.1, -0.05) is 6.92 Å². The number of thioether (sulfide) groups is 1. The Kier molecular flexibility index (Phi) is 3.10. The summed E-state index contributed by atoms with van der Waals surface area (Å²) in [7, 11) is 0. The quantitative estimate of drug-likeness (QED) is 0.740. The maximum atomic E-state index is 5.82. The first kappa shape index (κ1) is 10.7. The predicted molar refractivity (Wildman–Crippen MR) is 69.7 cm³/mol. The summed E-state index contributed by atoms with van der Waals surface area (Å²) in [5.74, 6) is 1.23. The normalized spacial score (nSPS) is 21.7. The Morgan fingerprint density at radius 3 is 2.93 bits per heavy atom. The standard InChI is InChI=1S/C12H18N2S/c1-9-7-11(3-4-12(9)13)14-5-6-15-10(2)8-14/h3-4,7,10H,5-6,8,13H2,1-2H3. The second-order valence-electron chi connectivity index (χ2n) is 4.17. The average Bonchev–Trinajstić information content (AvgIpc) is 2.22. The van der Waals surface area contributed by atoms with Crippen LogP contribution in [0.1, 0.15) is 12.5 Å². The Hall–Kier alpha value is -0.830. The Balaban J connectivity index is 2.18. The minimum Gasteiger partial charge on any atom is -0.399 e. The van der Waals surface area contributed by atoms with E-state index in [2.05, 4.69) is 42.6 Å². The van der Waals surface area contributed by atoms with Crippen LogP contribution in [0.5, 0.6) is 0 Å². The van der Waals surface area contributed by atoms with E-state index in [0.717, 1.165) is 24.0 Å². The Bertz CT molecular complexity index is 351. The lowest BCUT2D eigenvalue weighted by Crippen LogP contribution is -2.36. The molecule has 1 atom stereocenters.